The van der Waals surface area contributed by atoms with Crippen molar-refractivity contribution >= 4 is 51.7 Å². The maximum Gasteiger partial charge on any atom is 0.262 e. The summed E-state index contributed by atoms with van der Waals surface area (Å²) >= 11 is 7.39. The van der Waals surface area contributed by atoms with Crippen molar-refractivity contribution in [3.63, 3.8) is 0 Å². The molecular formula is C29H27ClN4O2S. The number of carbonyl (C=O) groups excluding carboxylic acids is 2. The van der Waals surface area contributed by atoms with E-state index in [9.17, 15) is 9.59 Å². The minimum absolute atomic E-state index is 0.0419. The molecular weight excluding hydrogens is 504 g/mol. The van der Waals surface area contributed by atoms with Crippen LogP contribution in [0.4, 0.5) is 5.69 Å². The molecule has 0 unspecified atom stereocenters. The van der Waals surface area contributed by atoms with Gasteiger partial charge >= 0.3 is 0 Å². The number of anilines is 1. The molecule has 3 aromatic carbocycles. The van der Waals surface area contributed by atoms with Crippen LogP contribution in [0, 0.1) is 20.8 Å². The fraction of sp³-hybridized carbons (Fsp3) is 0.241. The van der Waals surface area contributed by atoms with Gasteiger partial charge in [-0.25, -0.2) is 5.01 Å². The van der Waals surface area contributed by atoms with Gasteiger partial charge in [0.2, 0.25) is 5.91 Å². The molecule has 2 aliphatic heterocycles. The first-order chi connectivity index (χ1) is 17.8. The van der Waals surface area contributed by atoms with Crippen LogP contribution in [0.2, 0.25) is 5.02 Å². The average molecular weight is 531 g/mol. The SMILES string of the molecule is Cc1ccc([C@H]2CC(c3ccc(Cl)cc3)=NN2C2=NC(=O)[C@@H](CC(=O)Nc3ccc(C)c(C)c3)S2)cc1. The summed E-state index contributed by atoms with van der Waals surface area (Å²) < 4.78 is 0. The Balaban J connectivity index is 1.34. The molecule has 2 amide bonds. The summed E-state index contributed by atoms with van der Waals surface area (Å²) in [5.74, 6) is -0.527. The summed E-state index contributed by atoms with van der Waals surface area (Å²) in [4.78, 5) is 29.9. The van der Waals surface area contributed by atoms with Crippen LogP contribution in [-0.4, -0.2) is 33.0 Å². The Kier molecular flexibility index (Phi) is 7.17. The molecule has 1 N–H and O–H groups in total. The molecule has 2 aliphatic rings. The molecule has 2 heterocycles. The molecule has 5 rings (SSSR count). The fourth-order valence-corrected chi connectivity index (χ4v) is 5.54. The third-order valence-electron chi connectivity index (χ3n) is 6.64. The van der Waals surface area contributed by atoms with E-state index in [1.165, 1.54) is 17.3 Å². The van der Waals surface area contributed by atoms with Gasteiger partial charge in [-0.15, -0.1) is 0 Å². The van der Waals surface area contributed by atoms with Crippen molar-refractivity contribution in [1.29, 1.82) is 0 Å². The molecule has 0 fully saturated rings. The number of hydrogen-bond donors (Lipinski definition) is 1. The summed E-state index contributed by atoms with van der Waals surface area (Å²) in [6.07, 6.45) is 0.705. The second-order valence-electron chi connectivity index (χ2n) is 9.42. The Morgan fingerprint density at radius 2 is 1.76 bits per heavy atom. The Labute approximate surface area is 225 Å². The van der Waals surface area contributed by atoms with E-state index >= 15 is 0 Å². The van der Waals surface area contributed by atoms with E-state index in [1.807, 2.05) is 61.3 Å². The molecule has 3 aromatic rings. The van der Waals surface area contributed by atoms with E-state index in [2.05, 4.69) is 41.5 Å². The number of hydrogen-bond acceptors (Lipinski definition) is 5. The first-order valence-corrected chi connectivity index (χ1v) is 13.4. The molecule has 37 heavy (non-hydrogen) atoms. The maximum absolute atomic E-state index is 12.8. The van der Waals surface area contributed by atoms with E-state index in [4.69, 9.17) is 16.7 Å². The van der Waals surface area contributed by atoms with Gasteiger partial charge in [-0.05, 0) is 67.3 Å². The van der Waals surface area contributed by atoms with Gasteiger partial charge in [-0.2, -0.15) is 10.1 Å². The topological polar surface area (TPSA) is 74.1 Å². The molecule has 6 nitrogen and oxygen atoms in total. The normalized spacial score (nSPS) is 19.1. The Bertz CT molecular complexity index is 1420. The Morgan fingerprint density at radius 3 is 2.46 bits per heavy atom. The number of nitrogens with zero attached hydrogens (tertiary/aromatic N) is 3. The smallest absolute Gasteiger partial charge is 0.262 e. The zero-order valence-electron chi connectivity index (χ0n) is 20.9. The Hall–Kier alpha value is -3.42. The molecule has 0 radical (unpaired) electrons. The molecule has 0 saturated carbocycles. The standard InChI is InChI=1S/C29H27ClN4O2S/c1-17-4-7-21(8-5-17)25-15-24(20-9-11-22(30)12-10-20)33-34(25)29-32-28(36)26(37-29)16-27(35)31-23-13-6-18(2)19(3)14-23/h4-14,25-26H,15-16H2,1-3H3,(H,31,35)/t25-,26-/m1/s1. The number of thioether (sulfide) groups is 1. The highest BCUT2D eigenvalue weighted by molar-refractivity contribution is 8.15. The number of rotatable bonds is 5. The minimum Gasteiger partial charge on any atom is -0.326 e. The lowest BCUT2D eigenvalue weighted by molar-refractivity contribution is -0.121. The van der Waals surface area contributed by atoms with Crippen molar-refractivity contribution in [3.05, 3.63) is 99.6 Å². The van der Waals surface area contributed by atoms with Crippen LogP contribution in [-0.2, 0) is 9.59 Å². The molecule has 0 spiro atoms. The van der Waals surface area contributed by atoms with Gasteiger partial charge < -0.3 is 5.32 Å². The highest BCUT2D eigenvalue weighted by atomic mass is 35.5. The van der Waals surface area contributed by atoms with Gasteiger partial charge in [-0.3, -0.25) is 9.59 Å². The monoisotopic (exact) mass is 530 g/mol. The lowest BCUT2D eigenvalue weighted by Crippen LogP contribution is -2.25. The number of aryl methyl sites for hydroxylation is 3. The van der Waals surface area contributed by atoms with Crippen molar-refractivity contribution in [1.82, 2.24) is 5.01 Å². The quantitative estimate of drug-likeness (QED) is 0.411. The van der Waals surface area contributed by atoms with Gasteiger partial charge in [0.25, 0.3) is 5.91 Å². The number of amides is 2. The fourth-order valence-electron chi connectivity index (χ4n) is 4.36. The zero-order valence-corrected chi connectivity index (χ0v) is 22.4. The van der Waals surface area contributed by atoms with Gasteiger partial charge in [0.05, 0.1) is 11.8 Å². The molecule has 8 heteroatoms. The first-order valence-electron chi connectivity index (χ1n) is 12.1. The summed E-state index contributed by atoms with van der Waals surface area (Å²) in [6, 6.07) is 21.6. The van der Waals surface area contributed by atoms with Gasteiger partial charge in [0, 0.05) is 23.6 Å². The third kappa shape index (κ3) is 5.63. The zero-order chi connectivity index (χ0) is 26.1. The largest absolute Gasteiger partial charge is 0.326 e. The van der Waals surface area contributed by atoms with E-state index in [-0.39, 0.29) is 24.3 Å². The van der Waals surface area contributed by atoms with E-state index in [0.717, 1.165) is 33.7 Å². The predicted molar refractivity (Wildman–Crippen MR) is 151 cm³/mol. The number of aliphatic imine (C=N–C) groups is 1. The van der Waals surface area contributed by atoms with Gasteiger partial charge in [0.15, 0.2) is 5.17 Å². The van der Waals surface area contributed by atoms with Crippen LogP contribution in [0.1, 0.15) is 46.7 Å². The van der Waals surface area contributed by atoms with Crippen molar-refractivity contribution in [2.75, 3.05) is 5.32 Å². The van der Waals surface area contributed by atoms with E-state index in [0.29, 0.717) is 16.6 Å². The lowest BCUT2D eigenvalue weighted by Gasteiger charge is -2.23. The summed E-state index contributed by atoms with van der Waals surface area (Å²) in [6.45, 7) is 6.08. The van der Waals surface area contributed by atoms with E-state index < -0.39 is 5.25 Å². The second kappa shape index (κ2) is 10.5. The van der Waals surface area contributed by atoms with Crippen LogP contribution in [0.15, 0.2) is 76.8 Å². The number of hydrazone groups is 1. The molecule has 0 aliphatic carbocycles. The first kappa shape index (κ1) is 25.2. The van der Waals surface area contributed by atoms with Crippen molar-refractivity contribution in [2.24, 2.45) is 10.1 Å². The van der Waals surface area contributed by atoms with Crippen LogP contribution in [0.3, 0.4) is 0 Å². The van der Waals surface area contributed by atoms with Crippen LogP contribution >= 0.6 is 23.4 Å². The van der Waals surface area contributed by atoms with Gasteiger partial charge in [0.1, 0.15) is 5.25 Å². The number of benzene rings is 3. The lowest BCUT2D eigenvalue weighted by atomic mass is 9.98. The molecule has 188 valence electrons. The number of halogens is 1. The molecule has 2 atom stereocenters. The minimum atomic E-state index is -0.588. The van der Waals surface area contributed by atoms with Crippen LogP contribution in [0.5, 0.6) is 0 Å². The second-order valence-corrected chi connectivity index (χ2v) is 11.0. The molecule has 0 aromatic heterocycles. The van der Waals surface area contributed by atoms with Crippen molar-refractivity contribution in [3.8, 4) is 0 Å². The summed E-state index contributed by atoms with van der Waals surface area (Å²) in [7, 11) is 0. The number of carbonyl (C=O) groups is 2. The van der Waals surface area contributed by atoms with Crippen molar-refractivity contribution < 1.29 is 9.59 Å². The maximum atomic E-state index is 12.8. The van der Waals surface area contributed by atoms with Gasteiger partial charge in [-0.1, -0.05) is 71.4 Å². The number of nitrogens with one attached hydrogen (secondary N) is 1. The third-order valence-corrected chi connectivity index (χ3v) is 8.03. The highest BCUT2D eigenvalue weighted by Crippen LogP contribution is 2.38. The summed E-state index contributed by atoms with van der Waals surface area (Å²) in [5.41, 5.74) is 7.11. The van der Waals surface area contributed by atoms with E-state index in [1.54, 1.807) is 0 Å². The molecule has 0 bridgehead atoms. The average Bonchev–Trinajstić information content (AvgIpc) is 3.46. The molecule has 0 saturated heterocycles. The van der Waals surface area contributed by atoms with Crippen LogP contribution < -0.4 is 5.32 Å². The van der Waals surface area contributed by atoms with Crippen LogP contribution in [0.25, 0.3) is 0 Å². The Morgan fingerprint density at radius 1 is 1.03 bits per heavy atom. The van der Waals surface area contributed by atoms with Crippen molar-refractivity contribution in [2.45, 2.75) is 44.9 Å². The predicted octanol–water partition coefficient (Wildman–Crippen LogP) is 6.44. The summed E-state index contributed by atoms with van der Waals surface area (Å²) in [5, 5.41) is 10.2. The number of amidine groups is 1. The highest BCUT2D eigenvalue weighted by Gasteiger charge is 2.39.